The van der Waals surface area contributed by atoms with E-state index in [4.69, 9.17) is 0 Å². The summed E-state index contributed by atoms with van der Waals surface area (Å²) in [7, 11) is -0.656. The summed E-state index contributed by atoms with van der Waals surface area (Å²) in [5, 5.41) is 6.88. The maximum atomic E-state index is 2.63. The topological polar surface area (TPSA) is 0 Å². The van der Waals surface area contributed by atoms with Crippen molar-refractivity contribution in [3.8, 4) is 0 Å². The normalized spacial score (nSPS) is 19.1. The molecule has 187 valence electrons. The summed E-state index contributed by atoms with van der Waals surface area (Å²) in [4.78, 5) is 0. The molecule has 0 amide bonds. The van der Waals surface area contributed by atoms with Gasteiger partial charge >= 0.3 is 230 Å². The Morgan fingerprint density at radius 1 is 0.694 bits per heavy atom. The number of aryl methyl sites for hydroxylation is 4. The molecule has 0 aromatic heterocycles. The minimum absolute atomic E-state index is 0.147. The van der Waals surface area contributed by atoms with Crippen LogP contribution in [0.2, 0.25) is 14.2 Å². The molecule has 36 heavy (non-hydrogen) atoms. The van der Waals surface area contributed by atoms with Gasteiger partial charge in [-0.3, -0.25) is 0 Å². The van der Waals surface area contributed by atoms with E-state index < -0.39 is 27.4 Å². The van der Waals surface area contributed by atoms with Crippen molar-refractivity contribution >= 4 is 20.3 Å². The monoisotopic (exact) mass is 527 g/mol. The molecule has 0 heterocycles. The van der Waals surface area contributed by atoms with E-state index in [0.717, 1.165) is 0 Å². The van der Waals surface area contributed by atoms with Crippen LogP contribution in [0, 0.1) is 34.6 Å². The number of hydrogen-bond donors (Lipinski definition) is 0. The summed E-state index contributed by atoms with van der Waals surface area (Å²) in [6.07, 6.45) is 0. The second-order valence-corrected chi connectivity index (χ2v) is 17.9. The van der Waals surface area contributed by atoms with Gasteiger partial charge in [0.05, 0.1) is 0 Å². The Kier molecular flexibility index (Phi) is 7.87. The molecule has 2 heteroatoms. The molecule has 2 atom stereocenters. The van der Waals surface area contributed by atoms with Gasteiger partial charge in [-0.1, -0.05) is 0 Å². The molecule has 0 saturated heterocycles. The fourth-order valence-electron chi connectivity index (χ4n) is 6.92. The van der Waals surface area contributed by atoms with Crippen LogP contribution in [0.3, 0.4) is 0 Å². The summed E-state index contributed by atoms with van der Waals surface area (Å²) >= 11 is -1.58. The maximum absolute atomic E-state index is 2.63. The number of benzene rings is 3. The molecule has 1 aliphatic rings. The quantitative estimate of drug-likeness (QED) is 0.282. The Hall–Kier alpha value is -1.93. The van der Waals surface area contributed by atoms with Gasteiger partial charge in [0.1, 0.15) is 0 Å². The van der Waals surface area contributed by atoms with Crippen molar-refractivity contribution < 1.29 is 17.9 Å². The first-order valence-corrected chi connectivity index (χ1v) is 18.8. The van der Waals surface area contributed by atoms with Gasteiger partial charge in [0.2, 0.25) is 0 Å². The Bertz CT molecular complexity index is 1320. The zero-order chi connectivity index (χ0) is 26.4. The third-order valence-corrected chi connectivity index (χ3v) is 15.9. The molecule has 0 spiro atoms. The van der Waals surface area contributed by atoms with Crippen molar-refractivity contribution in [2.24, 2.45) is 0 Å². The number of allylic oxidation sites excluding steroid dienone is 4. The Morgan fingerprint density at radius 2 is 1.25 bits per heavy atom. The first-order valence-electron chi connectivity index (χ1n) is 13.4. The third kappa shape index (κ3) is 4.60. The summed E-state index contributed by atoms with van der Waals surface area (Å²) in [6, 6.07) is 23.7. The second kappa shape index (κ2) is 10.4. The van der Waals surface area contributed by atoms with Gasteiger partial charge in [0, 0.05) is 0 Å². The van der Waals surface area contributed by atoms with E-state index in [9.17, 15) is 0 Å². The van der Waals surface area contributed by atoms with Crippen LogP contribution in [0.4, 0.5) is 0 Å². The van der Waals surface area contributed by atoms with Gasteiger partial charge in [-0.15, -0.1) is 0 Å². The van der Waals surface area contributed by atoms with E-state index in [1.807, 2.05) is 0 Å². The van der Waals surface area contributed by atoms with Crippen molar-refractivity contribution in [3.05, 3.63) is 116 Å². The third-order valence-electron chi connectivity index (χ3n) is 8.93. The standard InChI is InChI=1S/C32H37Si.2CH3.Ti/c1-19-14-20(2)16-28(15-19)32(33-29-17-21(3)23(5)22(4)18-29)31-26(8)24(6)25(7)30(31)27-12-10-9-11-13-27;;;/h9-18,32H,33H2,1-8H3;2*1H3;. The average molecular weight is 528 g/mol. The molecule has 1 aliphatic carbocycles. The fraction of sp³-hybridized carbons (Fsp3) is 0.353. The van der Waals surface area contributed by atoms with Crippen molar-refractivity contribution in [2.45, 2.75) is 75.1 Å². The van der Waals surface area contributed by atoms with Crippen molar-refractivity contribution in [2.75, 3.05) is 0 Å². The summed E-state index contributed by atoms with van der Waals surface area (Å²) < 4.78 is 0.147. The summed E-state index contributed by atoms with van der Waals surface area (Å²) in [5.41, 5.74) is 17.0. The second-order valence-electron chi connectivity index (χ2n) is 11.5. The van der Waals surface area contributed by atoms with E-state index in [0.29, 0.717) is 5.54 Å². The summed E-state index contributed by atoms with van der Waals surface area (Å²) in [5.74, 6) is 0. The van der Waals surface area contributed by atoms with E-state index in [2.05, 4.69) is 127 Å². The number of rotatable bonds is 6. The van der Waals surface area contributed by atoms with Crippen LogP contribution in [0.1, 0.15) is 65.3 Å². The molecule has 0 aliphatic heterocycles. The van der Waals surface area contributed by atoms with Gasteiger partial charge < -0.3 is 0 Å². The SMILES string of the molecule is CC1=C(C)[C](C([SiH2]c2cc(C)c(C)c(C)c2)c2cc(C)cc(C)c2)([Ti]([CH3])[CH3])C(c2ccccc2)=C1C. The van der Waals surface area contributed by atoms with Crippen molar-refractivity contribution in [3.63, 3.8) is 0 Å². The van der Waals surface area contributed by atoms with Crippen molar-refractivity contribution in [1.82, 2.24) is 0 Å². The molecule has 0 nitrogen and oxygen atoms in total. The predicted octanol–water partition coefficient (Wildman–Crippen LogP) is 8.46. The first kappa shape index (κ1) is 27.1. The van der Waals surface area contributed by atoms with E-state index >= 15 is 0 Å². The van der Waals surface area contributed by atoms with Crippen LogP contribution in [-0.4, -0.2) is 9.52 Å². The van der Waals surface area contributed by atoms with Crippen LogP contribution < -0.4 is 5.19 Å². The van der Waals surface area contributed by atoms with E-state index in [1.54, 1.807) is 21.9 Å². The van der Waals surface area contributed by atoms with Crippen LogP contribution in [0.15, 0.2) is 77.4 Å². The van der Waals surface area contributed by atoms with Crippen LogP contribution >= 0.6 is 0 Å². The Labute approximate surface area is 228 Å². The average Bonchev–Trinajstić information content (AvgIpc) is 3.02. The molecule has 0 fully saturated rings. The molecule has 0 N–H and O–H groups in total. The molecule has 0 bridgehead atoms. The fourth-order valence-corrected chi connectivity index (χ4v) is 15.8. The van der Waals surface area contributed by atoms with Gasteiger partial charge in [0.15, 0.2) is 0 Å². The summed E-state index contributed by atoms with van der Waals surface area (Å²) in [6.45, 7) is 18.7. The van der Waals surface area contributed by atoms with Gasteiger partial charge in [-0.05, 0) is 0 Å². The molecule has 3 aromatic rings. The van der Waals surface area contributed by atoms with Gasteiger partial charge in [-0.25, -0.2) is 0 Å². The Balaban J connectivity index is 2.05. The van der Waals surface area contributed by atoms with Crippen LogP contribution in [-0.2, 0) is 17.9 Å². The molecule has 0 radical (unpaired) electrons. The first-order chi connectivity index (χ1) is 17.0. The number of hydrogen-bond acceptors (Lipinski definition) is 0. The Morgan fingerprint density at radius 3 is 1.78 bits per heavy atom. The van der Waals surface area contributed by atoms with Gasteiger partial charge in [-0.2, -0.15) is 0 Å². The predicted molar refractivity (Wildman–Crippen MR) is 159 cm³/mol. The van der Waals surface area contributed by atoms with Crippen molar-refractivity contribution in [1.29, 1.82) is 0 Å². The van der Waals surface area contributed by atoms with Crippen LogP contribution in [0.5, 0.6) is 0 Å². The molecule has 3 aromatic carbocycles. The molecular formula is C34H43SiTi. The molecule has 0 saturated carbocycles. The minimum atomic E-state index is -1.58. The van der Waals surface area contributed by atoms with E-state index in [1.165, 1.54) is 44.5 Å². The zero-order valence-corrected chi connectivity index (χ0v) is 27.0. The zero-order valence-electron chi connectivity index (χ0n) is 24.1. The molecule has 2 unspecified atom stereocenters. The van der Waals surface area contributed by atoms with E-state index in [-0.39, 0.29) is 3.72 Å². The molecular weight excluding hydrogens is 484 g/mol. The molecule has 4 rings (SSSR count). The van der Waals surface area contributed by atoms with Crippen LogP contribution in [0.25, 0.3) is 5.57 Å². The van der Waals surface area contributed by atoms with Gasteiger partial charge in [0.25, 0.3) is 0 Å².